The van der Waals surface area contributed by atoms with Crippen molar-refractivity contribution in [3.63, 3.8) is 0 Å². The molecule has 0 aliphatic carbocycles. The topological polar surface area (TPSA) is 255 Å². The molecular formula is C32H24N8O7S2. The Balaban J connectivity index is 1.39. The lowest BCUT2D eigenvalue weighted by atomic mass is 10.1. The van der Waals surface area contributed by atoms with Gasteiger partial charge in [-0.3, -0.25) is 9.11 Å². The number of phenols is 1. The van der Waals surface area contributed by atoms with Crippen LogP contribution in [0.2, 0.25) is 0 Å². The quantitative estimate of drug-likeness (QED) is 0.0579. The van der Waals surface area contributed by atoms with E-state index in [-0.39, 0.29) is 16.5 Å². The second kappa shape index (κ2) is 12.8. The van der Waals surface area contributed by atoms with Gasteiger partial charge in [-0.25, -0.2) is 0 Å². The molecule has 0 fully saturated rings. The lowest BCUT2D eigenvalue weighted by Gasteiger charge is -2.14. The van der Waals surface area contributed by atoms with Gasteiger partial charge in [-0.2, -0.15) is 32.2 Å². The molecule has 17 heteroatoms. The molecule has 0 aromatic heterocycles. The highest BCUT2D eigenvalue weighted by Gasteiger charge is 2.28. The Bertz CT molecular complexity index is 2580. The van der Waals surface area contributed by atoms with Gasteiger partial charge in [0.2, 0.25) is 0 Å². The smallest absolute Gasteiger partial charge is 0.296 e. The summed E-state index contributed by atoms with van der Waals surface area (Å²) >= 11 is 0. The van der Waals surface area contributed by atoms with E-state index in [0.717, 1.165) is 22.9 Å². The van der Waals surface area contributed by atoms with Crippen molar-refractivity contribution in [2.75, 3.05) is 11.5 Å². The van der Waals surface area contributed by atoms with Crippen LogP contribution < -0.4 is 11.5 Å². The van der Waals surface area contributed by atoms with Crippen molar-refractivity contribution in [2.24, 2.45) is 30.7 Å². The number of hydrogen-bond acceptors (Lipinski definition) is 13. The Morgan fingerprint density at radius 3 is 1.61 bits per heavy atom. The molecule has 0 aliphatic heterocycles. The fourth-order valence-electron chi connectivity index (χ4n) is 4.91. The van der Waals surface area contributed by atoms with Gasteiger partial charge in [0.15, 0.2) is 5.75 Å². The van der Waals surface area contributed by atoms with Gasteiger partial charge in [-0.15, -0.1) is 15.3 Å². The van der Waals surface area contributed by atoms with Gasteiger partial charge in [-0.1, -0.05) is 42.5 Å². The van der Waals surface area contributed by atoms with Crippen LogP contribution in [0.4, 0.5) is 45.5 Å². The van der Waals surface area contributed by atoms with Crippen LogP contribution in [0.25, 0.3) is 21.5 Å². The number of nitrogens with zero attached hydrogens (tertiary/aromatic N) is 6. The number of phenolic OH excluding ortho intramolecular Hbond substituents is 1. The standard InChI is InChI=1S/C32H24N8O7S2/c33-24-14-15-25(23-9-5-4-8-22(23)24)38-35-20-10-12-21(13-11-20)37-39-30-26(48(42,43)44)16-18-17-27(49(45,46)47)31(32(41)28(18)29(30)34)40-36-19-6-2-1-3-7-19/h1-17,41H,33-34H2,(H,42,43,44)(H,45,46,47). The van der Waals surface area contributed by atoms with Crippen LogP contribution in [0.3, 0.4) is 0 Å². The monoisotopic (exact) mass is 696 g/mol. The van der Waals surface area contributed by atoms with Crippen molar-refractivity contribution >= 4 is 87.3 Å². The highest BCUT2D eigenvalue weighted by molar-refractivity contribution is 7.86. The first-order chi connectivity index (χ1) is 23.3. The van der Waals surface area contributed by atoms with Crippen molar-refractivity contribution in [2.45, 2.75) is 9.79 Å². The maximum atomic E-state index is 12.4. The first-order valence-electron chi connectivity index (χ1n) is 14.1. The fraction of sp³-hybridized carbons (Fsp3) is 0. The van der Waals surface area contributed by atoms with Gasteiger partial charge in [0.1, 0.15) is 21.2 Å². The van der Waals surface area contributed by atoms with E-state index in [9.17, 15) is 31.0 Å². The highest BCUT2D eigenvalue weighted by atomic mass is 32.2. The van der Waals surface area contributed by atoms with E-state index in [1.165, 1.54) is 12.1 Å². The van der Waals surface area contributed by atoms with Crippen molar-refractivity contribution in [3.8, 4) is 5.75 Å². The summed E-state index contributed by atoms with van der Waals surface area (Å²) in [6, 6.07) is 26.9. The molecule has 0 amide bonds. The number of benzene rings is 6. The Kier molecular flexibility index (Phi) is 8.57. The predicted octanol–water partition coefficient (Wildman–Crippen LogP) is 8.60. The molecule has 0 radical (unpaired) electrons. The Hall–Kier alpha value is -6.14. The second-order valence-electron chi connectivity index (χ2n) is 10.4. The number of azo groups is 3. The summed E-state index contributed by atoms with van der Waals surface area (Å²) in [5.41, 5.74) is 12.8. The third-order valence-electron chi connectivity index (χ3n) is 7.21. The van der Waals surface area contributed by atoms with E-state index in [0.29, 0.717) is 22.7 Å². The molecule has 15 nitrogen and oxygen atoms in total. The number of hydrogen-bond donors (Lipinski definition) is 5. The van der Waals surface area contributed by atoms with Gasteiger partial charge in [0.05, 0.1) is 33.8 Å². The fourth-order valence-corrected chi connectivity index (χ4v) is 6.23. The molecule has 0 saturated carbocycles. The van der Waals surface area contributed by atoms with Gasteiger partial charge < -0.3 is 16.6 Å². The summed E-state index contributed by atoms with van der Waals surface area (Å²) in [5.74, 6) is -0.857. The summed E-state index contributed by atoms with van der Waals surface area (Å²) in [7, 11) is -10.1. The average Bonchev–Trinajstić information content (AvgIpc) is 3.07. The van der Waals surface area contributed by atoms with Crippen molar-refractivity contribution in [3.05, 3.63) is 103 Å². The molecule has 6 aromatic rings. The molecule has 49 heavy (non-hydrogen) atoms. The van der Waals surface area contributed by atoms with Crippen LogP contribution >= 0.6 is 0 Å². The lowest BCUT2D eigenvalue weighted by molar-refractivity contribution is 0.472. The maximum Gasteiger partial charge on any atom is 0.296 e. The zero-order chi connectivity index (χ0) is 34.9. The zero-order valence-corrected chi connectivity index (χ0v) is 26.6. The molecule has 7 N–H and O–H groups in total. The van der Waals surface area contributed by atoms with Crippen LogP contribution in [0.15, 0.2) is 144 Å². The molecular weight excluding hydrogens is 673 g/mol. The first kappa shape index (κ1) is 32.8. The molecule has 6 aromatic carbocycles. The normalized spacial score (nSPS) is 12.6. The molecule has 246 valence electrons. The predicted molar refractivity (Wildman–Crippen MR) is 183 cm³/mol. The van der Waals surface area contributed by atoms with Crippen LogP contribution in [0.5, 0.6) is 5.75 Å². The second-order valence-corrected chi connectivity index (χ2v) is 13.2. The van der Waals surface area contributed by atoms with Crippen LogP contribution in [-0.2, 0) is 20.2 Å². The minimum absolute atomic E-state index is 0.223. The SMILES string of the molecule is Nc1ccc(N=Nc2ccc(N=Nc3c(S(=O)(=O)O)cc4cc(S(=O)(=O)O)c(N=Nc5ccccc5)c(O)c4c3N)cc2)c2ccccc12. The molecule has 6 rings (SSSR count). The molecule has 0 heterocycles. The van der Waals surface area contributed by atoms with Crippen LogP contribution in [0, 0.1) is 0 Å². The largest absolute Gasteiger partial charge is 0.505 e. The number of aromatic hydroxyl groups is 1. The van der Waals surface area contributed by atoms with E-state index >= 15 is 0 Å². The number of nitrogen functional groups attached to an aromatic ring is 2. The van der Waals surface area contributed by atoms with E-state index in [4.69, 9.17) is 11.5 Å². The van der Waals surface area contributed by atoms with Gasteiger partial charge >= 0.3 is 0 Å². The van der Waals surface area contributed by atoms with Gasteiger partial charge in [-0.05, 0) is 66.0 Å². The Labute approximate surface area is 278 Å². The summed E-state index contributed by atoms with van der Waals surface area (Å²) in [4.78, 5) is -1.74. The zero-order valence-electron chi connectivity index (χ0n) is 24.9. The average molecular weight is 697 g/mol. The third kappa shape index (κ3) is 6.81. The number of anilines is 2. The molecule has 0 saturated heterocycles. The minimum Gasteiger partial charge on any atom is -0.505 e. The summed E-state index contributed by atoms with van der Waals surface area (Å²) in [5, 5.41) is 36.6. The van der Waals surface area contributed by atoms with E-state index < -0.39 is 52.8 Å². The number of fused-ring (bicyclic) bond motifs is 2. The summed E-state index contributed by atoms with van der Waals surface area (Å²) < 4.78 is 69.2. The minimum atomic E-state index is -5.03. The van der Waals surface area contributed by atoms with Crippen molar-refractivity contribution in [1.29, 1.82) is 0 Å². The third-order valence-corrected chi connectivity index (χ3v) is 8.95. The van der Waals surface area contributed by atoms with Crippen molar-refractivity contribution in [1.82, 2.24) is 0 Å². The Morgan fingerprint density at radius 2 is 1.02 bits per heavy atom. The first-order valence-corrected chi connectivity index (χ1v) is 16.9. The molecule has 0 bridgehead atoms. The van der Waals surface area contributed by atoms with E-state index in [2.05, 4.69) is 30.7 Å². The molecule has 0 aliphatic rings. The van der Waals surface area contributed by atoms with Gasteiger partial charge in [0, 0.05) is 16.5 Å². The van der Waals surface area contributed by atoms with Crippen molar-refractivity contribution < 1.29 is 31.0 Å². The number of rotatable bonds is 8. The van der Waals surface area contributed by atoms with Gasteiger partial charge in [0.25, 0.3) is 20.2 Å². The summed E-state index contributed by atoms with van der Waals surface area (Å²) in [6.45, 7) is 0. The summed E-state index contributed by atoms with van der Waals surface area (Å²) in [6.07, 6.45) is 0. The molecule has 0 atom stereocenters. The maximum absolute atomic E-state index is 12.4. The Morgan fingerprint density at radius 1 is 0.531 bits per heavy atom. The van der Waals surface area contributed by atoms with Crippen LogP contribution in [0.1, 0.15) is 0 Å². The highest BCUT2D eigenvalue weighted by Crippen LogP contribution is 2.48. The van der Waals surface area contributed by atoms with Crippen LogP contribution in [-0.4, -0.2) is 31.0 Å². The van der Waals surface area contributed by atoms with E-state index in [1.54, 1.807) is 54.6 Å². The molecule has 0 unspecified atom stereocenters. The molecule has 0 spiro atoms. The van der Waals surface area contributed by atoms with E-state index in [1.807, 2.05) is 24.3 Å². The number of nitrogens with two attached hydrogens (primary N) is 2. The lowest BCUT2D eigenvalue weighted by Crippen LogP contribution is -2.03.